The molecule has 154 valence electrons. The first-order valence-corrected chi connectivity index (χ1v) is 10.0. The van der Waals surface area contributed by atoms with Crippen molar-refractivity contribution in [3.05, 3.63) is 71.4 Å². The highest BCUT2D eigenvalue weighted by molar-refractivity contribution is 6.02. The lowest BCUT2D eigenvalue weighted by Gasteiger charge is -2.36. The summed E-state index contributed by atoms with van der Waals surface area (Å²) >= 11 is 0. The lowest BCUT2D eigenvalue weighted by Crippen LogP contribution is -2.48. The van der Waals surface area contributed by atoms with Crippen molar-refractivity contribution in [1.29, 1.82) is 0 Å². The molecule has 2 aliphatic rings. The molecule has 2 amide bonds. The molecule has 0 spiro atoms. The van der Waals surface area contributed by atoms with Gasteiger partial charge in [0.25, 0.3) is 0 Å². The highest BCUT2D eigenvalue weighted by atomic mass is 16.5. The molecule has 0 radical (unpaired) electrons. The van der Waals surface area contributed by atoms with Crippen LogP contribution in [0.3, 0.4) is 0 Å². The number of benzene rings is 2. The van der Waals surface area contributed by atoms with E-state index in [0.717, 1.165) is 16.9 Å². The second-order valence-electron chi connectivity index (χ2n) is 7.87. The Morgan fingerprint density at radius 1 is 1.10 bits per heavy atom. The lowest BCUT2D eigenvalue weighted by atomic mass is 9.72. The number of ether oxygens (including phenoxy) is 1. The molecule has 1 fully saturated rings. The first-order chi connectivity index (χ1) is 14.4. The first kappa shape index (κ1) is 19.9. The van der Waals surface area contributed by atoms with Crippen LogP contribution in [-0.2, 0) is 14.4 Å². The predicted octanol–water partition coefficient (Wildman–Crippen LogP) is 3.33. The van der Waals surface area contributed by atoms with Crippen LogP contribution in [0.2, 0.25) is 0 Å². The van der Waals surface area contributed by atoms with Crippen LogP contribution in [0.5, 0.6) is 5.75 Å². The van der Waals surface area contributed by atoms with E-state index in [2.05, 4.69) is 10.6 Å². The maximum absolute atomic E-state index is 13.1. The summed E-state index contributed by atoms with van der Waals surface area (Å²) in [4.78, 5) is 38.3. The fourth-order valence-corrected chi connectivity index (χ4v) is 4.25. The van der Waals surface area contributed by atoms with E-state index in [-0.39, 0.29) is 29.9 Å². The number of allylic oxidation sites excluding steroid dienone is 2. The van der Waals surface area contributed by atoms with Gasteiger partial charge in [0, 0.05) is 30.1 Å². The maximum Gasteiger partial charge on any atom is 0.229 e. The van der Waals surface area contributed by atoms with Crippen molar-refractivity contribution in [2.75, 3.05) is 12.4 Å². The van der Waals surface area contributed by atoms with Crippen molar-refractivity contribution in [2.45, 2.75) is 25.7 Å². The van der Waals surface area contributed by atoms with Gasteiger partial charge in [-0.15, -0.1) is 0 Å². The van der Waals surface area contributed by atoms with Gasteiger partial charge in [0.1, 0.15) is 11.5 Å². The van der Waals surface area contributed by atoms with Gasteiger partial charge >= 0.3 is 0 Å². The number of Topliss-reactive ketones (excluding diaryl/α,β-unsaturated/α-hetero) is 1. The number of ketones is 1. The molecule has 2 aromatic carbocycles. The Bertz CT molecular complexity index is 1030. The lowest BCUT2D eigenvalue weighted by molar-refractivity contribution is -0.136. The Morgan fingerprint density at radius 3 is 2.57 bits per heavy atom. The minimum absolute atomic E-state index is 0.00139. The monoisotopic (exact) mass is 404 g/mol. The molecule has 1 saturated heterocycles. The summed E-state index contributed by atoms with van der Waals surface area (Å²) in [6.45, 7) is 1.94. The van der Waals surface area contributed by atoms with Crippen LogP contribution in [0.25, 0.3) is 0 Å². The zero-order valence-electron chi connectivity index (χ0n) is 17.0. The van der Waals surface area contributed by atoms with Crippen molar-refractivity contribution in [3.8, 4) is 5.75 Å². The smallest absolute Gasteiger partial charge is 0.229 e. The fourth-order valence-electron chi connectivity index (χ4n) is 4.25. The van der Waals surface area contributed by atoms with Gasteiger partial charge in [0.15, 0.2) is 0 Å². The summed E-state index contributed by atoms with van der Waals surface area (Å²) in [6.07, 6.45) is 2.21. The zero-order chi connectivity index (χ0) is 21.3. The molecule has 4 rings (SSSR count). The molecule has 3 atom stereocenters. The van der Waals surface area contributed by atoms with Gasteiger partial charge < -0.3 is 15.4 Å². The molecular formula is C24H24N2O4. The Labute approximate surface area is 175 Å². The van der Waals surface area contributed by atoms with Crippen LogP contribution in [-0.4, -0.2) is 24.7 Å². The van der Waals surface area contributed by atoms with Crippen LogP contribution >= 0.6 is 0 Å². The molecule has 2 aromatic rings. The number of anilines is 1. The summed E-state index contributed by atoms with van der Waals surface area (Å²) in [6, 6.07) is 15.0. The number of fused-ring (bicyclic) bond motifs is 1. The van der Waals surface area contributed by atoms with E-state index in [1.165, 1.54) is 0 Å². The van der Waals surface area contributed by atoms with E-state index >= 15 is 0 Å². The summed E-state index contributed by atoms with van der Waals surface area (Å²) in [5.74, 6) is -1.32. The molecule has 0 aromatic heterocycles. The third kappa shape index (κ3) is 3.99. The van der Waals surface area contributed by atoms with Gasteiger partial charge in [-0.2, -0.15) is 0 Å². The first-order valence-electron chi connectivity index (χ1n) is 10.0. The number of nitrogens with one attached hydrogen (secondary N) is 2. The summed E-state index contributed by atoms with van der Waals surface area (Å²) in [5, 5.41) is 5.70. The van der Waals surface area contributed by atoms with E-state index in [4.69, 9.17) is 4.74 Å². The van der Waals surface area contributed by atoms with E-state index in [0.29, 0.717) is 17.8 Å². The number of amides is 2. The molecule has 6 nitrogen and oxygen atoms in total. The van der Waals surface area contributed by atoms with Crippen LogP contribution in [0.15, 0.2) is 60.3 Å². The SMILES string of the molecule is COc1ccc([C@H]2C=C3NC(=O)C[C@@H](C(=O)Nc4cccc(C)c4)[C@H]3C(=O)C2)cc1. The molecule has 1 aliphatic carbocycles. The third-order valence-corrected chi connectivity index (χ3v) is 5.74. The highest BCUT2D eigenvalue weighted by Crippen LogP contribution is 2.39. The Balaban J connectivity index is 1.59. The van der Waals surface area contributed by atoms with Crippen molar-refractivity contribution < 1.29 is 19.1 Å². The molecule has 0 saturated carbocycles. The molecule has 1 aliphatic heterocycles. The Morgan fingerprint density at radius 2 is 1.87 bits per heavy atom. The molecule has 0 unspecified atom stereocenters. The standard InChI is InChI=1S/C24H24N2O4/c1-14-4-3-5-17(10-14)25-24(29)19-13-22(28)26-20-11-16(12-21(27)23(19)20)15-6-8-18(30-2)9-7-15/h3-11,16,19,23H,12-13H2,1-2H3,(H,25,29)(H,26,28)/t16-,19+,23+/m0/s1. The third-order valence-electron chi connectivity index (χ3n) is 5.74. The molecular weight excluding hydrogens is 380 g/mol. The summed E-state index contributed by atoms with van der Waals surface area (Å²) in [7, 11) is 1.60. The number of aryl methyl sites for hydroxylation is 1. The number of carbonyl (C=O) groups is 3. The van der Waals surface area contributed by atoms with Crippen molar-refractivity contribution in [1.82, 2.24) is 5.32 Å². The molecule has 6 heteroatoms. The normalized spacial score (nSPS) is 23.1. The van der Waals surface area contributed by atoms with Crippen LogP contribution in [0.4, 0.5) is 5.69 Å². The molecule has 30 heavy (non-hydrogen) atoms. The number of piperidine rings is 1. The largest absolute Gasteiger partial charge is 0.497 e. The maximum atomic E-state index is 13.1. The topological polar surface area (TPSA) is 84.5 Å². The van der Waals surface area contributed by atoms with E-state index in [1.54, 1.807) is 13.2 Å². The minimum atomic E-state index is -0.713. The predicted molar refractivity (Wildman–Crippen MR) is 113 cm³/mol. The van der Waals surface area contributed by atoms with E-state index in [9.17, 15) is 14.4 Å². The van der Waals surface area contributed by atoms with Gasteiger partial charge in [-0.3, -0.25) is 14.4 Å². The average molecular weight is 404 g/mol. The molecule has 0 bridgehead atoms. The second kappa shape index (κ2) is 8.14. The Hall–Kier alpha value is -3.41. The van der Waals surface area contributed by atoms with E-state index < -0.39 is 11.8 Å². The fraction of sp³-hybridized carbons (Fsp3) is 0.292. The van der Waals surface area contributed by atoms with Gasteiger partial charge in [0.05, 0.1) is 18.9 Å². The molecule has 2 N–H and O–H groups in total. The van der Waals surface area contributed by atoms with Crippen LogP contribution in [0.1, 0.15) is 29.9 Å². The molecule has 1 heterocycles. The van der Waals surface area contributed by atoms with Crippen LogP contribution < -0.4 is 15.4 Å². The summed E-state index contributed by atoms with van der Waals surface area (Å²) in [5.41, 5.74) is 3.19. The van der Waals surface area contributed by atoms with E-state index in [1.807, 2.05) is 55.5 Å². The number of carbonyl (C=O) groups excluding carboxylic acids is 3. The highest BCUT2D eigenvalue weighted by Gasteiger charge is 2.44. The van der Waals surface area contributed by atoms with Crippen molar-refractivity contribution in [3.63, 3.8) is 0 Å². The minimum Gasteiger partial charge on any atom is -0.497 e. The number of rotatable bonds is 4. The number of hydrogen-bond acceptors (Lipinski definition) is 4. The number of methoxy groups -OCH3 is 1. The summed E-state index contributed by atoms with van der Waals surface area (Å²) < 4.78 is 5.19. The quantitative estimate of drug-likeness (QED) is 0.819. The van der Waals surface area contributed by atoms with Crippen molar-refractivity contribution >= 4 is 23.3 Å². The van der Waals surface area contributed by atoms with Crippen LogP contribution in [0, 0.1) is 18.8 Å². The average Bonchev–Trinajstić information content (AvgIpc) is 2.72. The second-order valence-corrected chi connectivity index (χ2v) is 7.87. The van der Waals surface area contributed by atoms with Gasteiger partial charge in [-0.1, -0.05) is 30.3 Å². The van der Waals surface area contributed by atoms with Gasteiger partial charge in [-0.05, 0) is 42.3 Å². The van der Waals surface area contributed by atoms with Gasteiger partial charge in [0.2, 0.25) is 11.8 Å². The number of hydrogen-bond donors (Lipinski definition) is 2. The Kier molecular flexibility index (Phi) is 5.40. The van der Waals surface area contributed by atoms with Crippen molar-refractivity contribution in [2.24, 2.45) is 11.8 Å². The zero-order valence-corrected chi connectivity index (χ0v) is 17.0. The van der Waals surface area contributed by atoms with Gasteiger partial charge in [-0.25, -0.2) is 0 Å².